The molecule has 0 unspecified atom stereocenters. The van der Waals surface area contributed by atoms with Gasteiger partial charge < -0.3 is 19.7 Å². The van der Waals surface area contributed by atoms with Gasteiger partial charge in [-0.25, -0.2) is 18.7 Å². The molecule has 0 aliphatic heterocycles. The van der Waals surface area contributed by atoms with Crippen LogP contribution in [0.5, 0.6) is 5.75 Å². The SMILES string of the molecule is Cc1c(-c2cnc3c(c2)c([C@H](C)c2c(OC[C@@H](O)CO)ccc(F)c2Cl)cn3C(=O)OC(C)(C)C)cnn1C. The molecule has 0 radical (unpaired) electrons. The van der Waals surface area contributed by atoms with Crippen molar-refractivity contribution in [2.24, 2.45) is 7.05 Å². The number of halogens is 2. The fraction of sp³-hybridized carbons (Fsp3) is 0.393. The van der Waals surface area contributed by atoms with Crippen LogP contribution < -0.4 is 4.74 Å². The number of carbonyl (C=O) groups excluding carboxylic acids is 1. The van der Waals surface area contributed by atoms with E-state index in [0.717, 1.165) is 16.8 Å². The van der Waals surface area contributed by atoms with Gasteiger partial charge in [0.1, 0.15) is 35.5 Å². The van der Waals surface area contributed by atoms with Gasteiger partial charge in [0.25, 0.3) is 0 Å². The minimum absolute atomic E-state index is 0.149. The Bertz CT molecular complexity index is 1520. The molecule has 0 saturated carbocycles. The number of aryl methyl sites for hydroxylation is 1. The molecule has 3 heterocycles. The van der Waals surface area contributed by atoms with Crippen molar-refractivity contribution in [1.29, 1.82) is 0 Å². The van der Waals surface area contributed by atoms with Crippen LogP contribution in [0.3, 0.4) is 0 Å². The third-order valence-electron chi connectivity index (χ3n) is 6.44. The maximum Gasteiger partial charge on any atom is 0.420 e. The number of ether oxygens (including phenoxy) is 2. The molecule has 0 fully saturated rings. The van der Waals surface area contributed by atoms with Crippen molar-refractivity contribution in [3.8, 4) is 16.9 Å². The fourth-order valence-corrected chi connectivity index (χ4v) is 4.65. The van der Waals surface area contributed by atoms with Crippen LogP contribution in [-0.2, 0) is 11.8 Å². The maximum absolute atomic E-state index is 14.7. The van der Waals surface area contributed by atoms with Crippen molar-refractivity contribution in [3.05, 3.63) is 64.5 Å². The number of fused-ring (bicyclic) bond motifs is 1. The minimum atomic E-state index is -1.12. The third kappa shape index (κ3) is 5.78. The molecular weight excluding hydrogens is 527 g/mol. The number of aromatic nitrogens is 4. The number of nitrogens with zero attached hydrogens (tertiary/aromatic N) is 4. The van der Waals surface area contributed by atoms with E-state index in [1.807, 2.05) is 27.0 Å². The van der Waals surface area contributed by atoms with Crippen LogP contribution in [0, 0.1) is 12.7 Å². The molecule has 9 nitrogen and oxygen atoms in total. The highest BCUT2D eigenvalue weighted by Gasteiger charge is 2.28. The zero-order valence-corrected chi connectivity index (χ0v) is 23.5. The summed E-state index contributed by atoms with van der Waals surface area (Å²) in [6.07, 6.45) is 3.29. The molecule has 11 heteroatoms. The van der Waals surface area contributed by atoms with Crippen molar-refractivity contribution in [2.45, 2.75) is 52.2 Å². The lowest BCUT2D eigenvalue weighted by atomic mass is 9.91. The van der Waals surface area contributed by atoms with Crippen LogP contribution in [0.25, 0.3) is 22.2 Å². The zero-order chi connectivity index (χ0) is 28.6. The van der Waals surface area contributed by atoms with Crippen molar-refractivity contribution in [1.82, 2.24) is 19.3 Å². The Kier molecular flexibility index (Phi) is 8.02. The Morgan fingerprint density at radius 3 is 2.59 bits per heavy atom. The summed E-state index contributed by atoms with van der Waals surface area (Å²) in [5.41, 5.74) is 3.18. The predicted molar refractivity (Wildman–Crippen MR) is 146 cm³/mol. The number of rotatable bonds is 7. The van der Waals surface area contributed by atoms with E-state index in [0.29, 0.717) is 22.2 Å². The second-order valence-electron chi connectivity index (χ2n) is 10.4. The van der Waals surface area contributed by atoms with Gasteiger partial charge >= 0.3 is 6.09 Å². The molecule has 0 amide bonds. The molecule has 0 spiro atoms. The van der Waals surface area contributed by atoms with Gasteiger partial charge in [-0.05, 0) is 51.5 Å². The molecule has 2 N–H and O–H groups in total. The highest BCUT2D eigenvalue weighted by Crippen LogP contribution is 2.42. The molecule has 1 aromatic carbocycles. The van der Waals surface area contributed by atoms with E-state index in [1.54, 1.807) is 44.0 Å². The second-order valence-corrected chi connectivity index (χ2v) is 10.8. The summed E-state index contributed by atoms with van der Waals surface area (Å²) in [6, 6.07) is 4.50. The second kappa shape index (κ2) is 11.0. The van der Waals surface area contributed by atoms with Crippen molar-refractivity contribution in [2.75, 3.05) is 13.2 Å². The largest absolute Gasteiger partial charge is 0.490 e. The Morgan fingerprint density at radius 1 is 1.26 bits per heavy atom. The highest BCUT2D eigenvalue weighted by molar-refractivity contribution is 6.31. The van der Waals surface area contributed by atoms with Gasteiger partial charge in [0.05, 0.1) is 17.8 Å². The monoisotopic (exact) mass is 558 g/mol. The normalized spacial score (nSPS) is 13.5. The lowest BCUT2D eigenvalue weighted by Crippen LogP contribution is -2.26. The number of hydrogen-bond donors (Lipinski definition) is 2. The van der Waals surface area contributed by atoms with Crippen molar-refractivity contribution < 1.29 is 28.9 Å². The summed E-state index contributed by atoms with van der Waals surface area (Å²) in [5.74, 6) is -0.978. The average molecular weight is 559 g/mol. The standard InChI is InChI=1S/C28H32ClFN4O5/c1-15(24-23(38-14-18(36)13-35)8-7-22(30)25(24)29)21-12-34(27(37)39-28(3,4)5)26-19(21)9-17(10-31-26)20-11-32-33(6)16(20)2/h7-12,15,18,35-36H,13-14H2,1-6H3/t15-,18-/m0/s1. The average Bonchev–Trinajstić information content (AvgIpc) is 3.42. The molecule has 0 aliphatic rings. The fourth-order valence-electron chi connectivity index (χ4n) is 4.33. The Balaban J connectivity index is 1.91. The van der Waals surface area contributed by atoms with Gasteiger partial charge in [0.2, 0.25) is 0 Å². The van der Waals surface area contributed by atoms with Crippen molar-refractivity contribution in [3.63, 3.8) is 0 Å². The van der Waals surface area contributed by atoms with Gasteiger partial charge in [-0.1, -0.05) is 18.5 Å². The molecule has 3 aromatic heterocycles. The Hall–Kier alpha value is -3.47. The quantitative estimate of drug-likeness (QED) is 0.320. The first-order chi connectivity index (χ1) is 18.3. The first-order valence-electron chi connectivity index (χ1n) is 12.4. The van der Waals surface area contributed by atoms with E-state index >= 15 is 0 Å². The molecule has 4 rings (SSSR count). The maximum atomic E-state index is 14.7. The van der Waals surface area contributed by atoms with Crippen LogP contribution >= 0.6 is 11.6 Å². The summed E-state index contributed by atoms with van der Waals surface area (Å²) < 4.78 is 29.1. The molecule has 0 bridgehead atoms. The van der Waals surface area contributed by atoms with E-state index in [2.05, 4.69) is 10.1 Å². The number of aliphatic hydroxyl groups excluding tert-OH is 2. The molecule has 0 aliphatic carbocycles. The van der Waals surface area contributed by atoms with Crippen molar-refractivity contribution >= 4 is 28.7 Å². The lowest BCUT2D eigenvalue weighted by Gasteiger charge is -2.20. The van der Waals surface area contributed by atoms with E-state index in [-0.39, 0.29) is 17.4 Å². The Morgan fingerprint density at radius 2 is 1.97 bits per heavy atom. The molecule has 39 heavy (non-hydrogen) atoms. The number of aliphatic hydroxyl groups is 2. The van der Waals surface area contributed by atoms with E-state index in [4.69, 9.17) is 21.1 Å². The van der Waals surface area contributed by atoms with Gasteiger partial charge in [0, 0.05) is 53.1 Å². The molecule has 208 valence electrons. The zero-order valence-electron chi connectivity index (χ0n) is 22.7. The van der Waals surface area contributed by atoms with E-state index in [9.17, 15) is 19.4 Å². The topological polar surface area (TPSA) is 112 Å². The van der Waals surface area contributed by atoms with Crippen LogP contribution in [0.15, 0.2) is 36.8 Å². The highest BCUT2D eigenvalue weighted by atomic mass is 35.5. The van der Waals surface area contributed by atoms with E-state index in [1.165, 1.54) is 16.7 Å². The van der Waals surface area contributed by atoms with Crippen LogP contribution in [0.4, 0.5) is 9.18 Å². The minimum Gasteiger partial charge on any atom is -0.490 e. The molecule has 2 atom stereocenters. The summed E-state index contributed by atoms with van der Waals surface area (Å²) >= 11 is 6.46. The third-order valence-corrected chi connectivity index (χ3v) is 6.83. The lowest BCUT2D eigenvalue weighted by molar-refractivity contribution is 0.0532. The van der Waals surface area contributed by atoms with Crippen LogP contribution in [-0.4, -0.2) is 60.6 Å². The molecular formula is C28H32ClFN4O5. The Labute approximate surface area is 230 Å². The number of hydrogen-bond acceptors (Lipinski definition) is 7. The summed E-state index contributed by atoms with van der Waals surface area (Å²) in [5, 5.41) is 23.8. The molecule has 0 saturated heterocycles. The van der Waals surface area contributed by atoms with Gasteiger partial charge in [-0.3, -0.25) is 4.68 Å². The van der Waals surface area contributed by atoms with Crippen LogP contribution in [0.1, 0.15) is 50.4 Å². The van der Waals surface area contributed by atoms with Gasteiger partial charge in [0.15, 0.2) is 0 Å². The summed E-state index contributed by atoms with van der Waals surface area (Å²) in [4.78, 5) is 17.8. The van der Waals surface area contributed by atoms with Crippen LogP contribution in [0.2, 0.25) is 5.02 Å². The summed E-state index contributed by atoms with van der Waals surface area (Å²) in [7, 11) is 1.85. The number of pyridine rings is 1. The number of benzene rings is 1. The smallest absolute Gasteiger partial charge is 0.420 e. The summed E-state index contributed by atoms with van der Waals surface area (Å²) in [6.45, 7) is 8.36. The first-order valence-corrected chi connectivity index (χ1v) is 12.8. The number of carbonyl (C=O) groups is 1. The molecule has 4 aromatic rings. The van der Waals surface area contributed by atoms with Gasteiger partial charge in [-0.15, -0.1) is 0 Å². The van der Waals surface area contributed by atoms with E-state index < -0.39 is 36.1 Å². The van der Waals surface area contributed by atoms with Gasteiger partial charge in [-0.2, -0.15) is 5.10 Å². The predicted octanol–water partition coefficient (Wildman–Crippen LogP) is 5.20. The first kappa shape index (κ1) is 28.5.